The molecule has 0 bridgehead atoms. The monoisotopic (exact) mass is 323 g/mol. The molecule has 3 amide bonds. The summed E-state index contributed by atoms with van der Waals surface area (Å²) in [7, 11) is 0. The summed E-state index contributed by atoms with van der Waals surface area (Å²) in [6, 6.07) is 16.3. The molecule has 5 nitrogen and oxygen atoms in total. The Kier molecular flexibility index (Phi) is 4.79. The van der Waals surface area contributed by atoms with E-state index in [4.69, 9.17) is 0 Å². The van der Waals surface area contributed by atoms with E-state index < -0.39 is 6.04 Å². The lowest BCUT2D eigenvalue weighted by Crippen LogP contribution is -2.45. The Balaban J connectivity index is 1.65. The average Bonchev–Trinajstić information content (AvgIpc) is 3.08. The van der Waals surface area contributed by atoms with Crippen LogP contribution in [0.5, 0.6) is 0 Å². The van der Waals surface area contributed by atoms with Crippen LogP contribution < -0.4 is 10.6 Å². The standard InChI is InChI=1S/C19H21N3O2/c1-14-9-11-16(12-10-14)21-19(24)22-13-5-8-17(22)18(23)20-15-6-3-2-4-7-15/h2-4,6-7,9-12,17H,5,8,13H2,1H3,(H,20,23)(H,21,24)/t17-/m1/s1. The number of rotatable bonds is 3. The van der Waals surface area contributed by atoms with Crippen molar-refractivity contribution in [1.82, 2.24) is 4.90 Å². The summed E-state index contributed by atoms with van der Waals surface area (Å²) >= 11 is 0. The Labute approximate surface area is 141 Å². The van der Waals surface area contributed by atoms with Crippen molar-refractivity contribution in [3.8, 4) is 0 Å². The Hall–Kier alpha value is -2.82. The van der Waals surface area contributed by atoms with Gasteiger partial charge in [0.25, 0.3) is 0 Å². The highest BCUT2D eigenvalue weighted by molar-refractivity contribution is 5.99. The highest BCUT2D eigenvalue weighted by atomic mass is 16.2. The zero-order chi connectivity index (χ0) is 16.9. The molecule has 0 radical (unpaired) electrons. The fourth-order valence-corrected chi connectivity index (χ4v) is 2.86. The van der Waals surface area contributed by atoms with Gasteiger partial charge in [-0.25, -0.2) is 4.79 Å². The van der Waals surface area contributed by atoms with Crippen LogP contribution in [0.25, 0.3) is 0 Å². The van der Waals surface area contributed by atoms with Crippen molar-refractivity contribution in [2.75, 3.05) is 17.2 Å². The molecule has 0 unspecified atom stereocenters. The van der Waals surface area contributed by atoms with Gasteiger partial charge in [-0.2, -0.15) is 0 Å². The summed E-state index contributed by atoms with van der Waals surface area (Å²) in [5.41, 5.74) is 2.61. The molecular formula is C19H21N3O2. The topological polar surface area (TPSA) is 61.4 Å². The number of aryl methyl sites for hydroxylation is 1. The maximum absolute atomic E-state index is 12.5. The van der Waals surface area contributed by atoms with E-state index in [1.54, 1.807) is 4.90 Å². The first-order chi connectivity index (χ1) is 11.6. The number of para-hydroxylation sites is 1. The second-order valence-electron chi connectivity index (χ2n) is 6.00. The van der Waals surface area contributed by atoms with Gasteiger partial charge < -0.3 is 15.5 Å². The average molecular weight is 323 g/mol. The lowest BCUT2D eigenvalue weighted by atomic mass is 10.2. The molecule has 1 fully saturated rings. The van der Waals surface area contributed by atoms with Crippen LogP contribution in [-0.4, -0.2) is 29.4 Å². The van der Waals surface area contributed by atoms with E-state index in [1.807, 2.05) is 61.5 Å². The van der Waals surface area contributed by atoms with Gasteiger partial charge in [0.2, 0.25) is 5.91 Å². The molecule has 1 saturated heterocycles. The number of hydrogen-bond acceptors (Lipinski definition) is 2. The zero-order valence-corrected chi connectivity index (χ0v) is 13.7. The maximum Gasteiger partial charge on any atom is 0.322 e. The van der Waals surface area contributed by atoms with Crippen LogP contribution >= 0.6 is 0 Å². The number of likely N-dealkylation sites (tertiary alicyclic amines) is 1. The predicted octanol–water partition coefficient (Wildman–Crippen LogP) is 3.63. The number of amides is 3. The minimum absolute atomic E-state index is 0.141. The number of nitrogens with zero attached hydrogens (tertiary/aromatic N) is 1. The normalized spacial score (nSPS) is 16.7. The summed E-state index contributed by atoms with van der Waals surface area (Å²) in [6.07, 6.45) is 1.51. The third-order valence-corrected chi connectivity index (χ3v) is 4.16. The molecule has 0 saturated carbocycles. The molecule has 0 aliphatic carbocycles. The summed E-state index contributed by atoms with van der Waals surface area (Å²) in [6.45, 7) is 2.58. The van der Waals surface area contributed by atoms with Gasteiger partial charge in [-0.05, 0) is 44.0 Å². The number of carbonyl (C=O) groups excluding carboxylic acids is 2. The molecule has 1 aliphatic heterocycles. The van der Waals surface area contributed by atoms with Gasteiger partial charge in [0.1, 0.15) is 6.04 Å². The molecule has 1 atom stereocenters. The minimum atomic E-state index is -0.435. The fraction of sp³-hybridized carbons (Fsp3) is 0.263. The van der Waals surface area contributed by atoms with E-state index in [0.29, 0.717) is 13.0 Å². The first-order valence-corrected chi connectivity index (χ1v) is 8.14. The van der Waals surface area contributed by atoms with Crippen molar-refractivity contribution in [2.24, 2.45) is 0 Å². The van der Waals surface area contributed by atoms with Crippen LogP contribution in [0, 0.1) is 6.92 Å². The Morgan fingerprint density at radius 3 is 2.33 bits per heavy atom. The number of hydrogen-bond donors (Lipinski definition) is 2. The minimum Gasteiger partial charge on any atom is -0.324 e. The lowest BCUT2D eigenvalue weighted by Gasteiger charge is -2.24. The van der Waals surface area contributed by atoms with Crippen molar-refractivity contribution in [2.45, 2.75) is 25.8 Å². The molecule has 0 aromatic heterocycles. The SMILES string of the molecule is Cc1ccc(NC(=O)N2CCC[C@@H]2C(=O)Nc2ccccc2)cc1. The molecule has 1 aliphatic rings. The van der Waals surface area contributed by atoms with E-state index in [-0.39, 0.29) is 11.9 Å². The van der Waals surface area contributed by atoms with Crippen LogP contribution in [0.3, 0.4) is 0 Å². The van der Waals surface area contributed by atoms with Gasteiger partial charge >= 0.3 is 6.03 Å². The summed E-state index contributed by atoms with van der Waals surface area (Å²) in [4.78, 5) is 26.6. The highest BCUT2D eigenvalue weighted by Gasteiger charge is 2.34. The molecule has 2 aromatic rings. The van der Waals surface area contributed by atoms with E-state index >= 15 is 0 Å². The van der Waals surface area contributed by atoms with Gasteiger partial charge in [0.15, 0.2) is 0 Å². The largest absolute Gasteiger partial charge is 0.324 e. The van der Waals surface area contributed by atoms with Crippen molar-refractivity contribution >= 4 is 23.3 Å². The third-order valence-electron chi connectivity index (χ3n) is 4.16. The van der Waals surface area contributed by atoms with Crippen molar-refractivity contribution in [1.29, 1.82) is 0 Å². The second kappa shape index (κ2) is 7.17. The predicted molar refractivity (Wildman–Crippen MR) is 95.0 cm³/mol. The molecule has 2 aromatic carbocycles. The third kappa shape index (κ3) is 3.74. The molecule has 5 heteroatoms. The van der Waals surface area contributed by atoms with Gasteiger partial charge in [0, 0.05) is 17.9 Å². The molecule has 1 heterocycles. The number of benzene rings is 2. The Bertz CT molecular complexity index is 713. The quantitative estimate of drug-likeness (QED) is 0.906. The van der Waals surface area contributed by atoms with Crippen LogP contribution in [0.4, 0.5) is 16.2 Å². The number of anilines is 2. The van der Waals surface area contributed by atoms with Gasteiger partial charge in [-0.1, -0.05) is 35.9 Å². The zero-order valence-electron chi connectivity index (χ0n) is 13.7. The van der Waals surface area contributed by atoms with E-state index in [1.165, 1.54) is 0 Å². The second-order valence-corrected chi connectivity index (χ2v) is 6.00. The van der Waals surface area contributed by atoms with Crippen molar-refractivity contribution < 1.29 is 9.59 Å². The fourth-order valence-electron chi connectivity index (χ4n) is 2.86. The molecule has 24 heavy (non-hydrogen) atoms. The number of nitrogens with one attached hydrogen (secondary N) is 2. The summed E-state index contributed by atoms with van der Waals surface area (Å²) < 4.78 is 0. The van der Waals surface area contributed by atoms with Crippen LogP contribution in [-0.2, 0) is 4.79 Å². The molecule has 124 valence electrons. The van der Waals surface area contributed by atoms with Crippen molar-refractivity contribution in [3.05, 3.63) is 60.2 Å². The van der Waals surface area contributed by atoms with Crippen LogP contribution in [0.2, 0.25) is 0 Å². The first kappa shape index (κ1) is 16.1. The lowest BCUT2D eigenvalue weighted by molar-refractivity contribution is -0.119. The first-order valence-electron chi connectivity index (χ1n) is 8.14. The maximum atomic E-state index is 12.5. The van der Waals surface area contributed by atoms with E-state index in [0.717, 1.165) is 23.4 Å². The summed E-state index contributed by atoms with van der Waals surface area (Å²) in [5, 5.41) is 5.75. The molecule has 0 spiro atoms. The Morgan fingerprint density at radius 1 is 0.958 bits per heavy atom. The number of urea groups is 1. The van der Waals surface area contributed by atoms with Gasteiger partial charge in [-0.15, -0.1) is 0 Å². The summed E-state index contributed by atoms with van der Waals surface area (Å²) in [5.74, 6) is -0.141. The molecule has 2 N–H and O–H groups in total. The Morgan fingerprint density at radius 2 is 1.62 bits per heavy atom. The smallest absolute Gasteiger partial charge is 0.322 e. The van der Waals surface area contributed by atoms with Crippen LogP contribution in [0.15, 0.2) is 54.6 Å². The number of carbonyl (C=O) groups is 2. The molecule has 3 rings (SSSR count). The molecular weight excluding hydrogens is 302 g/mol. The van der Waals surface area contributed by atoms with Gasteiger partial charge in [-0.3, -0.25) is 4.79 Å². The van der Waals surface area contributed by atoms with Gasteiger partial charge in [0.05, 0.1) is 0 Å². The highest BCUT2D eigenvalue weighted by Crippen LogP contribution is 2.21. The van der Waals surface area contributed by atoms with Crippen LogP contribution in [0.1, 0.15) is 18.4 Å². The van der Waals surface area contributed by atoms with Crippen molar-refractivity contribution in [3.63, 3.8) is 0 Å². The van der Waals surface area contributed by atoms with E-state index in [2.05, 4.69) is 10.6 Å². The van der Waals surface area contributed by atoms with E-state index in [9.17, 15) is 9.59 Å².